The van der Waals surface area contributed by atoms with E-state index in [2.05, 4.69) is 53.8 Å². The fourth-order valence-electron chi connectivity index (χ4n) is 3.73. The maximum atomic E-state index is 12.4. The predicted molar refractivity (Wildman–Crippen MR) is 101 cm³/mol. The van der Waals surface area contributed by atoms with Crippen molar-refractivity contribution in [3.8, 4) is 0 Å². The Morgan fingerprint density at radius 3 is 2.68 bits per heavy atom. The number of hydrogen-bond donors (Lipinski definition) is 1. The number of aromatic nitrogens is 1. The molecular formula is C20H29N3O2. The number of benzene rings is 1. The van der Waals surface area contributed by atoms with Gasteiger partial charge in [0.1, 0.15) is 6.54 Å². The molecule has 0 spiro atoms. The summed E-state index contributed by atoms with van der Waals surface area (Å²) in [4.78, 5) is 14.8. The van der Waals surface area contributed by atoms with Gasteiger partial charge in [0.15, 0.2) is 0 Å². The number of amides is 1. The average Bonchev–Trinajstić information content (AvgIpc) is 2.87. The third kappa shape index (κ3) is 4.22. The molecule has 5 nitrogen and oxygen atoms in total. The highest BCUT2D eigenvalue weighted by Crippen LogP contribution is 2.19. The zero-order valence-electron chi connectivity index (χ0n) is 15.7. The van der Waals surface area contributed by atoms with Crippen molar-refractivity contribution in [2.75, 3.05) is 19.6 Å². The summed E-state index contributed by atoms with van der Waals surface area (Å²) in [5, 5.41) is 4.28. The quantitative estimate of drug-likeness (QED) is 0.908. The van der Waals surface area contributed by atoms with E-state index in [9.17, 15) is 4.79 Å². The first kappa shape index (κ1) is 18.0. The van der Waals surface area contributed by atoms with Crippen LogP contribution in [-0.4, -0.2) is 53.3 Å². The van der Waals surface area contributed by atoms with Crippen LogP contribution in [0.1, 0.15) is 26.5 Å². The van der Waals surface area contributed by atoms with Crippen LogP contribution in [0.25, 0.3) is 10.9 Å². The van der Waals surface area contributed by atoms with Crippen molar-refractivity contribution in [1.29, 1.82) is 0 Å². The normalized spacial score (nSPS) is 22.9. The Kier molecular flexibility index (Phi) is 5.45. The third-order valence-electron chi connectivity index (χ3n) is 4.99. The van der Waals surface area contributed by atoms with E-state index < -0.39 is 0 Å². The van der Waals surface area contributed by atoms with Crippen molar-refractivity contribution in [3.05, 3.63) is 36.0 Å². The van der Waals surface area contributed by atoms with Crippen molar-refractivity contribution >= 4 is 16.8 Å². The Morgan fingerprint density at radius 1 is 1.28 bits per heavy atom. The number of carbonyl (C=O) groups is 1. The zero-order valence-corrected chi connectivity index (χ0v) is 15.7. The van der Waals surface area contributed by atoms with Gasteiger partial charge in [-0.1, -0.05) is 18.2 Å². The van der Waals surface area contributed by atoms with Gasteiger partial charge >= 0.3 is 0 Å². The van der Waals surface area contributed by atoms with E-state index in [0.717, 1.165) is 24.3 Å². The monoisotopic (exact) mass is 343 g/mol. The van der Waals surface area contributed by atoms with Crippen molar-refractivity contribution < 1.29 is 9.53 Å². The van der Waals surface area contributed by atoms with Gasteiger partial charge in [0.05, 0.1) is 12.2 Å². The average molecular weight is 343 g/mol. The van der Waals surface area contributed by atoms with Crippen LogP contribution >= 0.6 is 0 Å². The topological polar surface area (TPSA) is 46.5 Å². The summed E-state index contributed by atoms with van der Waals surface area (Å²) in [6, 6.07) is 10.6. The Balaban J connectivity index is 1.56. The van der Waals surface area contributed by atoms with Crippen molar-refractivity contribution in [2.45, 2.75) is 52.5 Å². The minimum absolute atomic E-state index is 0.0608. The summed E-state index contributed by atoms with van der Waals surface area (Å²) < 4.78 is 7.86. The first-order valence-electron chi connectivity index (χ1n) is 9.15. The number of nitrogens with one attached hydrogen (secondary N) is 1. The number of hydrogen-bond acceptors (Lipinski definition) is 3. The van der Waals surface area contributed by atoms with E-state index in [1.807, 2.05) is 19.1 Å². The van der Waals surface area contributed by atoms with Crippen LogP contribution in [0.5, 0.6) is 0 Å². The maximum Gasteiger partial charge on any atom is 0.240 e. The van der Waals surface area contributed by atoms with Gasteiger partial charge in [-0.15, -0.1) is 0 Å². The lowest BCUT2D eigenvalue weighted by Crippen LogP contribution is -2.52. The molecule has 25 heavy (non-hydrogen) atoms. The van der Waals surface area contributed by atoms with E-state index in [1.54, 1.807) is 0 Å². The zero-order chi connectivity index (χ0) is 18.0. The van der Waals surface area contributed by atoms with Gasteiger partial charge in [0.25, 0.3) is 0 Å². The Hall–Kier alpha value is -1.85. The number of ether oxygens (including phenoxy) is 1. The van der Waals surface area contributed by atoms with Gasteiger partial charge in [0.2, 0.25) is 5.91 Å². The summed E-state index contributed by atoms with van der Waals surface area (Å²) in [5.41, 5.74) is 2.22. The number of para-hydroxylation sites is 1. The molecule has 0 unspecified atom stereocenters. The van der Waals surface area contributed by atoms with E-state index in [0.29, 0.717) is 19.1 Å². The van der Waals surface area contributed by atoms with Crippen LogP contribution in [0.2, 0.25) is 0 Å². The lowest BCUT2D eigenvalue weighted by molar-refractivity contribution is -0.122. The van der Waals surface area contributed by atoms with Crippen molar-refractivity contribution in [1.82, 2.24) is 14.8 Å². The fourth-order valence-corrected chi connectivity index (χ4v) is 3.73. The van der Waals surface area contributed by atoms with E-state index in [1.165, 1.54) is 5.39 Å². The summed E-state index contributed by atoms with van der Waals surface area (Å²) in [6.45, 7) is 11.3. The molecule has 136 valence electrons. The second-order valence-electron chi connectivity index (χ2n) is 7.29. The van der Waals surface area contributed by atoms with Gasteiger partial charge in [-0.25, -0.2) is 0 Å². The van der Waals surface area contributed by atoms with E-state index >= 15 is 0 Å². The van der Waals surface area contributed by atoms with Gasteiger partial charge in [-0.05, 0) is 45.2 Å². The number of aryl methyl sites for hydroxylation is 1. The number of fused-ring (bicyclic) bond motifs is 1. The maximum absolute atomic E-state index is 12.4. The molecule has 2 heterocycles. The molecule has 3 rings (SSSR count). The number of carbonyl (C=O) groups excluding carboxylic acids is 1. The molecule has 1 aromatic carbocycles. The highest BCUT2D eigenvalue weighted by molar-refractivity contribution is 5.84. The highest BCUT2D eigenvalue weighted by atomic mass is 16.5. The number of nitrogens with zero attached hydrogens (tertiary/aromatic N) is 2. The van der Waals surface area contributed by atoms with Crippen LogP contribution in [0, 0.1) is 6.92 Å². The smallest absolute Gasteiger partial charge is 0.240 e. The molecule has 0 radical (unpaired) electrons. The van der Waals surface area contributed by atoms with E-state index in [-0.39, 0.29) is 18.1 Å². The first-order chi connectivity index (χ1) is 11.9. The van der Waals surface area contributed by atoms with Gasteiger partial charge in [-0.3, -0.25) is 9.69 Å². The number of rotatable bonds is 5. The predicted octanol–water partition coefficient (Wildman–Crippen LogP) is 2.56. The van der Waals surface area contributed by atoms with Crippen LogP contribution in [-0.2, 0) is 16.1 Å². The fraction of sp³-hybridized carbons (Fsp3) is 0.550. The standard InChI is InChI=1S/C20H29N3O2/c1-14-9-18-7-5-6-8-19(18)23(14)13-20(24)21-10-15(2)22-11-16(3)25-17(4)12-22/h5-9,15-17H,10-13H2,1-4H3,(H,21,24)/t15-,16+,17+/m0/s1. The third-order valence-corrected chi connectivity index (χ3v) is 4.99. The Bertz CT molecular complexity index is 730. The molecule has 0 aliphatic carbocycles. The summed E-state index contributed by atoms with van der Waals surface area (Å²) in [5.74, 6) is 0.0608. The number of morpholine rings is 1. The SMILES string of the molecule is Cc1cc2ccccc2n1CC(=O)NC[C@H](C)N1C[C@@H](C)O[C@H](C)C1. The molecule has 0 saturated carbocycles. The van der Waals surface area contributed by atoms with Crippen LogP contribution in [0.4, 0.5) is 0 Å². The van der Waals surface area contributed by atoms with Crippen molar-refractivity contribution in [3.63, 3.8) is 0 Å². The lowest BCUT2D eigenvalue weighted by atomic mass is 10.1. The minimum atomic E-state index is 0.0608. The van der Waals surface area contributed by atoms with E-state index in [4.69, 9.17) is 4.74 Å². The second-order valence-corrected chi connectivity index (χ2v) is 7.29. The molecule has 1 saturated heterocycles. The molecule has 0 bridgehead atoms. The van der Waals surface area contributed by atoms with Crippen LogP contribution in [0.3, 0.4) is 0 Å². The highest BCUT2D eigenvalue weighted by Gasteiger charge is 2.25. The Labute approximate surface area is 149 Å². The summed E-state index contributed by atoms with van der Waals surface area (Å²) >= 11 is 0. The molecule has 1 amide bonds. The minimum Gasteiger partial charge on any atom is -0.373 e. The first-order valence-corrected chi connectivity index (χ1v) is 9.15. The molecule has 3 atom stereocenters. The molecule has 1 fully saturated rings. The van der Waals surface area contributed by atoms with Crippen LogP contribution in [0.15, 0.2) is 30.3 Å². The molecule has 5 heteroatoms. The molecule has 1 aliphatic rings. The summed E-state index contributed by atoms with van der Waals surface area (Å²) in [6.07, 6.45) is 0.492. The lowest BCUT2D eigenvalue weighted by Gasteiger charge is -2.39. The van der Waals surface area contributed by atoms with Gasteiger partial charge < -0.3 is 14.6 Å². The summed E-state index contributed by atoms with van der Waals surface area (Å²) in [7, 11) is 0. The molecule has 2 aromatic rings. The second kappa shape index (κ2) is 7.58. The largest absolute Gasteiger partial charge is 0.373 e. The van der Waals surface area contributed by atoms with Crippen LogP contribution < -0.4 is 5.32 Å². The molecular weight excluding hydrogens is 314 g/mol. The molecule has 1 aromatic heterocycles. The van der Waals surface area contributed by atoms with Crippen molar-refractivity contribution in [2.24, 2.45) is 0 Å². The van der Waals surface area contributed by atoms with Gasteiger partial charge in [-0.2, -0.15) is 0 Å². The Morgan fingerprint density at radius 2 is 1.96 bits per heavy atom. The molecule has 1 aliphatic heterocycles. The van der Waals surface area contributed by atoms with Gasteiger partial charge in [0, 0.05) is 36.9 Å². The molecule has 1 N–H and O–H groups in total.